The molecule has 2 rings (SSSR count). The van der Waals surface area contributed by atoms with Crippen LogP contribution in [0.2, 0.25) is 5.02 Å². The van der Waals surface area contributed by atoms with Crippen molar-refractivity contribution in [2.45, 2.75) is 25.7 Å². The lowest BCUT2D eigenvalue weighted by Crippen LogP contribution is -2.18. The molecule has 0 bridgehead atoms. The van der Waals surface area contributed by atoms with E-state index in [0.29, 0.717) is 12.0 Å². The molecule has 0 radical (unpaired) electrons. The highest BCUT2D eigenvalue weighted by Gasteiger charge is 2.27. The van der Waals surface area contributed by atoms with Crippen LogP contribution in [0.15, 0.2) is 6.07 Å². The highest BCUT2D eigenvalue weighted by molar-refractivity contribution is 6.42. The highest BCUT2D eigenvalue weighted by Crippen LogP contribution is 2.36. The first-order chi connectivity index (χ1) is 8.02. The van der Waals surface area contributed by atoms with Crippen LogP contribution in [0.1, 0.15) is 34.3 Å². The average Bonchev–Trinajstić information content (AvgIpc) is 2.30. The fourth-order valence-electron chi connectivity index (χ4n) is 2.21. The summed E-state index contributed by atoms with van der Waals surface area (Å²) < 4.78 is 0. The third kappa shape index (κ3) is 2.00. The van der Waals surface area contributed by atoms with Crippen molar-refractivity contribution in [3.63, 3.8) is 0 Å². The van der Waals surface area contributed by atoms with Crippen LogP contribution >= 0.6 is 11.6 Å². The molecule has 0 heterocycles. The Morgan fingerprint density at radius 1 is 1.24 bits per heavy atom. The van der Waals surface area contributed by atoms with Crippen molar-refractivity contribution in [1.29, 1.82) is 0 Å². The number of hydrogen-bond acceptors (Lipinski definition) is 3. The number of fused-ring (bicyclic) bond motifs is 1. The second-order valence-electron chi connectivity index (χ2n) is 4.06. The zero-order valence-electron chi connectivity index (χ0n) is 8.99. The highest BCUT2D eigenvalue weighted by atomic mass is 35.5. The first-order valence-electron chi connectivity index (χ1n) is 5.33. The normalized spacial score (nSPS) is 14.2. The minimum atomic E-state index is -1.57. The molecule has 0 aliphatic heterocycles. The maximum atomic E-state index is 11.6. The van der Waals surface area contributed by atoms with Gasteiger partial charge >= 0.3 is 5.97 Å². The lowest BCUT2D eigenvalue weighted by molar-refractivity contribution is -0.131. The van der Waals surface area contributed by atoms with E-state index in [9.17, 15) is 14.7 Å². The fourth-order valence-corrected chi connectivity index (χ4v) is 2.43. The average molecular weight is 255 g/mol. The van der Waals surface area contributed by atoms with Crippen LogP contribution in [0.25, 0.3) is 0 Å². The van der Waals surface area contributed by atoms with Crippen molar-refractivity contribution in [2.75, 3.05) is 0 Å². The lowest BCUT2D eigenvalue weighted by atomic mass is 9.86. The molecule has 0 aromatic heterocycles. The largest absolute Gasteiger partial charge is 0.506 e. The number of Topliss-reactive ketones (excluding diaryl/α,β-unsaturated/α-hetero) is 1. The Kier molecular flexibility index (Phi) is 3.07. The van der Waals surface area contributed by atoms with Gasteiger partial charge in [-0.25, -0.2) is 4.79 Å². The summed E-state index contributed by atoms with van der Waals surface area (Å²) in [6.45, 7) is 0. The van der Waals surface area contributed by atoms with Gasteiger partial charge in [-0.1, -0.05) is 11.6 Å². The van der Waals surface area contributed by atoms with Gasteiger partial charge in [0.15, 0.2) is 0 Å². The van der Waals surface area contributed by atoms with E-state index < -0.39 is 17.5 Å². The smallest absolute Gasteiger partial charge is 0.377 e. The van der Waals surface area contributed by atoms with Crippen molar-refractivity contribution >= 4 is 23.4 Å². The Balaban J connectivity index is 2.66. The monoisotopic (exact) mass is 254 g/mol. The summed E-state index contributed by atoms with van der Waals surface area (Å²) >= 11 is 5.80. The lowest BCUT2D eigenvalue weighted by Gasteiger charge is -2.19. The van der Waals surface area contributed by atoms with E-state index in [1.807, 2.05) is 0 Å². The standard InChI is InChI=1S/C12H11ClO4/c13-8-5-6-3-1-2-4-7(6)9(10(8)14)11(15)12(16)17/h5,14H,1-4H2,(H,16,17). The maximum absolute atomic E-state index is 11.6. The van der Waals surface area contributed by atoms with Gasteiger partial charge < -0.3 is 10.2 Å². The quantitative estimate of drug-likeness (QED) is 0.627. The molecule has 0 unspecified atom stereocenters. The number of rotatable bonds is 2. The molecule has 0 amide bonds. The van der Waals surface area contributed by atoms with Gasteiger partial charge in [-0.2, -0.15) is 0 Å². The number of carbonyl (C=O) groups excluding carboxylic acids is 1. The van der Waals surface area contributed by atoms with Crippen LogP contribution in [-0.2, 0) is 17.6 Å². The molecule has 0 saturated carbocycles. The number of carboxylic acid groups (broad SMARTS) is 1. The molecular weight excluding hydrogens is 244 g/mol. The zero-order chi connectivity index (χ0) is 12.6. The molecule has 17 heavy (non-hydrogen) atoms. The number of aromatic hydroxyl groups is 1. The number of halogens is 1. The minimum absolute atomic E-state index is 0.0373. The number of phenols is 1. The van der Waals surface area contributed by atoms with E-state index in [-0.39, 0.29) is 10.6 Å². The molecule has 1 aliphatic carbocycles. The maximum Gasteiger partial charge on any atom is 0.377 e. The van der Waals surface area contributed by atoms with E-state index in [0.717, 1.165) is 24.8 Å². The van der Waals surface area contributed by atoms with Crippen LogP contribution in [0.5, 0.6) is 5.75 Å². The second-order valence-corrected chi connectivity index (χ2v) is 4.47. The van der Waals surface area contributed by atoms with Crippen LogP contribution < -0.4 is 0 Å². The van der Waals surface area contributed by atoms with E-state index in [1.54, 1.807) is 6.07 Å². The molecule has 0 fully saturated rings. The fraction of sp³-hybridized carbons (Fsp3) is 0.333. The van der Waals surface area contributed by atoms with E-state index in [4.69, 9.17) is 16.7 Å². The molecule has 2 N–H and O–H groups in total. The topological polar surface area (TPSA) is 74.6 Å². The number of aliphatic carboxylic acids is 1. The van der Waals surface area contributed by atoms with Crippen molar-refractivity contribution < 1.29 is 19.8 Å². The molecule has 1 aromatic carbocycles. The minimum Gasteiger partial charge on any atom is -0.506 e. The van der Waals surface area contributed by atoms with Gasteiger partial charge in [-0.15, -0.1) is 0 Å². The number of aryl methyl sites for hydroxylation is 1. The van der Waals surface area contributed by atoms with Crippen molar-refractivity contribution in [3.05, 3.63) is 27.8 Å². The number of benzene rings is 1. The Morgan fingerprint density at radius 2 is 1.88 bits per heavy atom. The van der Waals surface area contributed by atoms with Crippen LogP contribution in [0, 0.1) is 0 Å². The summed E-state index contributed by atoms with van der Waals surface area (Å²) in [6.07, 6.45) is 3.23. The second kappa shape index (κ2) is 4.37. The summed E-state index contributed by atoms with van der Waals surface area (Å²) in [5.41, 5.74) is 1.36. The van der Waals surface area contributed by atoms with Crippen LogP contribution in [0.4, 0.5) is 0 Å². The molecule has 0 spiro atoms. The molecule has 90 valence electrons. The Morgan fingerprint density at radius 3 is 2.53 bits per heavy atom. The van der Waals surface area contributed by atoms with Gasteiger partial charge in [0.05, 0.1) is 10.6 Å². The predicted octanol–water partition coefficient (Wildman–Crippen LogP) is 2.19. The number of ketones is 1. The molecule has 1 aromatic rings. The summed E-state index contributed by atoms with van der Waals surface area (Å²) in [6, 6.07) is 1.62. The summed E-state index contributed by atoms with van der Waals surface area (Å²) in [5, 5.41) is 18.5. The van der Waals surface area contributed by atoms with Gasteiger partial charge in [0.25, 0.3) is 5.78 Å². The Labute approximate surface area is 103 Å². The van der Waals surface area contributed by atoms with E-state index in [2.05, 4.69) is 0 Å². The van der Waals surface area contributed by atoms with E-state index in [1.165, 1.54) is 0 Å². The van der Waals surface area contributed by atoms with Crippen LogP contribution in [0.3, 0.4) is 0 Å². The van der Waals surface area contributed by atoms with Gasteiger partial charge in [0, 0.05) is 0 Å². The van der Waals surface area contributed by atoms with Gasteiger partial charge in [-0.05, 0) is 42.9 Å². The number of phenolic OH excluding ortho intramolecular Hbond substituents is 1. The SMILES string of the molecule is O=C(O)C(=O)c1c(O)c(Cl)cc2c1CCCC2. The molecular formula is C12H11ClO4. The molecule has 5 heteroatoms. The van der Waals surface area contributed by atoms with Crippen molar-refractivity contribution in [2.24, 2.45) is 0 Å². The molecule has 0 saturated heterocycles. The first kappa shape index (κ1) is 11.9. The summed E-state index contributed by atoms with van der Waals surface area (Å²) in [5.74, 6) is -3.08. The third-order valence-corrected chi connectivity index (χ3v) is 3.29. The Bertz CT molecular complexity index is 508. The van der Waals surface area contributed by atoms with Crippen LogP contribution in [-0.4, -0.2) is 22.0 Å². The van der Waals surface area contributed by atoms with Gasteiger partial charge in [0.1, 0.15) is 5.75 Å². The first-order valence-corrected chi connectivity index (χ1v) is 5.71. The van der Waals surface area contributed by atoms with Gasteiger partial charge in [-0.3, -0.25) is 4.79 Å². The third-order valence-electron chi connectivity index (χ3n) is 3.00. The number of carbonyl (C=O) groups is 2. The summed E-state index contributed by atoms with van der Waals surface area (Å²) in [7, 11) is 0. The molecule has 0 atom stereocenters. The predicted molar refractivity (Wildman–Crippen MR) is 61.7 cm³/mol. The van der Waals surface area contributed by atoms with Crippen molar-refractivity contribution in [1.82, 2.24) is 0 Å². The van der Waals surface area contributed by atoms with Gasteiger partial charge in [0.2, 0.25) is 0 Å². The Hall–Kier alpha value is -1.55. The molecule has 1 aliphatic rings. The van der Waals surface area contributed by atoms with Crippen molar-refractivity contribution in [3.8, 4) is 5.75 Å². The number of hydrogen-bond donors (Lipinski definition) is 2. The van der Waals surface area contributed by atoms with E-state index >= 15 is 0 Å². The number of carboxylic acids is 1. The zero-order valence-corrected chi connectivity index (χ0v) is 9.75. The summed E-state index contributed by atoms with van der Waals surface area (Å²) in [4.78, 5) is 22.3. The molecule has 4 nitrogen and oxygen atoms in total.